The van der Waals surface area contributed by atoms with Crippen LogP contribution in [0.3, 0.4) is 0 Å². The fourth-order valence-electron chi connectivity index (χ4n) is 4.27. The number of carbonyl (C=O) groups is 1. The number of nitrogens with zero attached hydrogens (tertiary/aromatic N) is 1. The lowest BCUT2D eigenvalue weighted by molar-refractivity contribution is -0.385. The largest absolute Gasteiger partial charge is 0.353 e. The molecular formula is C17H23N3O3. The summed E-state index contributed by atoms with van der Waals surface area (Å²) in [7, 11) is 0. The van der Waals surface area contributed by atoms with E-state index in [1.165, 1.54) is 12.5 Å². The van der Waals surface area contributed by atoms with Crippen LogP contribution in [0.5, 0.6) is 0 Å². The molecule has 3 rings (SSSR count). The Bertz CT molecular complexity index is 591. The van der Waals surface area contributed by atoms with Crippen molar-refractivity contribution in [3.05, 3.63) is 39.9 Å². The molecule has 1 amide bonds. The summed E-state index contributed by atoms with van der Waals surface area (Å²) in [6.45, 7) is 0. The van der Waals surface area contributed by atoms with Gasteiger partial charge in [0.05, 0.1) is 11.3 Å². The predicted octanol–water partition coefficient (Wildman–Crippen LogP) is 2.16. The Morgan fingerprint density at radius 2 is 1.91 bits per heavy atom. The van der Waals surface area contributed by atoms with Crippen LogP contribution in [-0.4, -0.2) is 22.9 Å². The van der Waals surface area contributed by atoms with Gasteiger partial charge in [-0.2, -0.15) is 0 Å². The van der Waals surface area contributed by atoms with Crippen LogP contribution in [0, 0.1) is 22.0 Å². The Labute approximate surface area is 135 Å². The van der Waals surface area contributed by atoms with Gasteiger partial charge < -0.3 is 11.1 Å². The van der Waals surface area contributed by atoms with E-state index < -0.39 is 4.92 Å². The van der Waals surface area contributed by atoms with Crippen LogP contribution >= 0.6 is 0 Å². The number of nitrogens with one attached hydrogen (secondary N) is 1. The van der Waals surface area contributed by atoms with Crippen LogP contribution in [0.2, 0.25) is 0 Å². The monoisotopic (exact) mass is 317 g/mol. The van der Waals surface area contributed by atoms with Gasteiger partial charge in [-0.25, -0.2) is 0 Å². The molecule has 1 aromatic rings. The average Bonchev–Trinajstić information content (AvgIpc) is 2.48. The first-order valence-corrected chi connectivity index (χ1v) is 8.32. The number of benzene rings is 1. The summed E-state index contributed by atoms with van der Waals surface area (Å²) in [5.74, 6) is 0.774. The third-order valence-corrected chi connectivity index (χ3v) is 5.24. The number of amides is 1. The predicted molar refractivity (Wildman–Crippen MR) is 86.8 cm³/mol. The lowest BCUT2D eigenvalue weighted by Gasteiger charge is -2.45. The smallest absolute Gasteiger partial charge is 0.273 e. The first kappa shape index (κ1) is 15.9. The molecule has 6 nitrogen and oxygen atoms in total. The summed E-state index contributed by atoms with van der Waals surface area (Å²) in [5, 5.41) is 14.2. The van der Waals surface area contributed by atoms with Gasteiger partial charge in [0.25, 0.3) is 5.69 Å². The van der Waals surface area contributed by atoms with Crippen LogP contribution in [0.4, 0.5) is 5.69 Å². The molecule has 2 aliphatic rings. The molecule has 23 heavy (non-hydrogen) atoms. The van der Waals surface area contributed by atoms with Crippen molar-refractivity contribution >= 4 is 11.6 Å². The van der Waals surface area contributed by atoms with Gasteiger partial charge in [0.2, 0.25) is 5.91 Å². The zero-order valence-electron chi connectivity index (χ0n) is 13.1. The summed E-state index contributed by atoms with van der Waals surface area (Å²) < 4.78 is 0. The molecule has 2 aliphatic carbocycles. The molecule has 0 saturated heterocycles. The van der Waals surface area contributed by atoms with Gasteiger partial charge in [-0.05, 0) is 37.5 Å². The number of fused-ring (bicyclic) bond motifs is 2. The zero-order valence-corrected chi connectivity index (χ0v) is 13.1. The standard InChI is InChI=1S/C17H23N3O3/c18-14-8-12-5-3-6-13(9-14)17(12)19-16(21)10-11-4-1-2-7-15(11)20(22)23/h1-2,4,7,12-14,17H,3,5-6,8-10,18H2,(H,19,21). The van der Waals surface area contributed by atoms with Crippen LogP contribution in [-0.2, 0) is 11.2 Å². The minimum Gasteiger partial charge on any atom is -0.353 e. The van der Waals surface area contributed by atoms with E-state index >= 15 is 0 Å². The van der Waals surface area contributed by atoms with Gasteiger partial charge in [0, 0.05) is 23.7 Å². The summed E-state index contributed by atoms with van der Waals surface area (Å²) >= 11 is 0. The van der Waals surface area contributed by atoms with Crippen LogP contribution in [0.1, 0.15) is 37.7 Å². The number of hydrogen-bond acceptors (Lipinski definition) is 4. The lowest BCUT2D eigenvalue weighted by atomic mass is 9.67. The molecule has 2 atom stereocenters. The van der Waals surface area contributed by atoms with Crippen LogP contribution in [0.25, 0.3) is 0 Å². The van der Waals surface area contributed by atoms with Crippen molar-refractivity contribution < 1.29 is 9.72 Å². The highest BCUT2D eigenvalue weighted by Gasteiger charge is 2.39. The molecule has 2 fully saturated rings. The first-order valence-electron chi connectivity index (χ1n) is 8.32. The van der Waals surface area contributed by atoms with Crippen molar-refractivity contribution in [2.24, 2.45) is 17.6 Å². The second-order valence-corrected chi connectivity index (χ2v) is 6.84. The van der Waals surface area contributed by atoms with Crippen molar-refractivity contribution in [3.8, 4) is 0 Å². The van der Waals surface area contributed by atoms with Gasteiger partial charge >= 0.3 is 0 Å². The molecular weight excluding hydrogens is 294 g/mol. The van der Waals surface area contributed by atoms with E-state index in [-0.39, 0.29) is 30.1 Å². The van der Waals surface area contributed by atoms with Crippen molar-refractivity contribution in [1.29, 1.82) is 0 Å². The van der Waals surface area contributed by atoms with E-state index in [9.17, 15) is 14.9 Å². The first-order chi connectivity index (χ1) is 11.0. The quantitative estimate of drug-likeness (QED) is 0.656. The topological polar surface area (TPSA) is 98.3 Å². The molecule has 2 bridgehead atoms. The molecule has 1 aromatic carbocycles. The molecule has 0 spiro atoms. The second-order valence-electron chi connectivity index (χ2n) is 6.84. The second kappa shape index (κ2) is 6.66. The Balaban J connectivity index is 1.67. The summed E-state index contributed by atoms with van der Waals surface area (Å²) in [5.41, 5.74) is 6.58. The molecule has 2 unspecified atom stereocenters. The van der Waals surface area contributed by atoms with Crippen molar-refractivity contribution in [2.75, 3.05) is 0 Å². The minimum absolute atomic E-state index is 0.00788. The Morgan fingerprint density at radius 1 is 1.26 bits per heavy atom. The summed E-state index contributed by atoms with van der Waals surface area (Å²) in [6, 6.07) is 6.86. The maximum Gasteiger partial charge on any atom is 0.273 e. The van der Waals surface area contributed by atoms with Gasteiger partial charge in [-0.3, -0.25) is 14.9 Å². The van der Waals surface area contributed by atoms with Gasteiger partial charge in [-0.15, -0.1) is 0 Å². The number of nitro benzene ring substituents is 1. The fourth-order valence-corrected chi connectivity index (χ4v) is 4.27. The normalized spacial score (nSPS) is 29.8. The third-order valence-electron chi connectivity index (χ3n) is 5.24. The van der Waals surface area contributed by atoms with E-state index in [1.807, 2.05) is 0 Å². The van der Waals surface area contributed by atoms with E-state index in [2.05, 4.69) is 5.32 Å². The molecule has 0 radical (unpaired) electrons. The maximum atomic E-state index is 12.4. The minimum atomic E-state index is -0.434. The van der Waals surface area contributed by atoms with E-state index in [4.69, 9.17) is 5.73 Å². The highest BCUT2D eigenvalue weighted by Crippen LogP contribution is 2.39. The van der Waals surface area contributed by atoms with Gasteiger partial charge in [0.15, 0.2) is 0 Å². The molecule has 0 heterocycles. The van der Waals surface area contributed by atoms with E-state index in [1.54, 1.807) is 18.2 Å². The number of hydrogen-bond donors (Lipinski definition) is 2. The number of para-hydroxylation sites is 1. The van der Waals surface area contributed by atoms with Gasteiger partial charge in [0.1, 0.15) is 0 Å². The molecule has 3 N–H and O–H groups in total. The molecule has 2 saturated carbocycles. The number of rotatable bonds is 4. The summed E-state index contributed by atoms with van der Waals surface area (Å²) in [6.07, 6.45) is 5.42. The van der Waals surface area contributed by atoms with Gasteiger partial charge in [-0.1, -0.05) is 24.6 Å². The maximum absolute atomic E-state index is 12.4. The number of nitrogens with two attached hydrogens (primary N) is 1. The molecule has 6 heteroatoms. The SMILES string of the molecule is NC1CC2CCCC(C1)C2NC(=O)Cc1ccccc1[N+](=O)[O-]. The van der Waals surface area contributed by atoms with E-state index in [0.717, 1.165) is 25.7 Å². The van der Waals surface area contributed by atoms with Crippen molar-refractivity contribution in [3.63, 3.8) is 0 Å². The molecule has 124 valence electrons. The number of nitro groups is 1. The van der Waals surface area contributed by atoms with Crippen LogP contribution < -0.4 is 11.1 Å². The molecule has 0 aromatic heterocycles. The molecule has 0 aliphatic heterocycles. The fraction of sp³-hybridized carbons (Fsp3) is 0.588. The Morgan fingerprint density at radius 3 is 2.57 bits per heavy atom. The highest BCUT2D eigenvalue weighted by molar-refractivity contribution is 5.80. The Hall–Kier alpha value is -1.95. The lowest BCUT2D eigenvalue weighted by Crippen LogP contribution is -2.54. The summed E-state index contributed by atoms with van der Waals surface area (Å²) in [4.78, 5) is 23.0. The zero-order chi connectivity index (χ0) is 16.4. The van der Waals surface area contributed by atoms with Crippen molar-refractivity contribution in [2.45, 2.75) is 50.6 Å². The Kier molecular flexibility index (Phi) is 4.61. The number of carbonyl (C=O) groups excluding carboxylic acids is 1. The third kappa shape index (κ3) is 3.52. The van der Waals surface area contributed by atoms with Crippen LogP contribution in [0.15, 0.2) is 24.3 Å². The van der Waals surface area contributed by atoms with E-state index in [0.29, 0.717) is 17.4 Å². The highest BCUT2D eigenvalue weighted by atomic mass is 16.6. The van der Waals surface area contributed by atoms with Crippen molar-refractivity contribution in [1.82, 2.24) is 5.32 Å². The average molecular weight is 317 g/mol.